The molecule has 0 aromatic heterocycles. The largest absolute Gasteiger partial charge is 0.466 e. The molecule has 3 atom stereocenters. The second-order valence-corrected chi connectivity index (χ2v) is 13.9. The number of aliphatic hydroxyl groups is 2. The molecule has 0 fully saturated rings. The molecular weight excluding hydrogens is 602 g/mol. The molecule has 0 saturated heterocycles. The van der Waals surface area contributed by atoms with E-state index in [0.717, 1.165) is 96.4 Å². The van der Waals surface area contributed by atoms with E-state index in [2.05, 4.69) is 57.1 Å². The number of esters is 1. The molecular formula is C41H79NO6. The van der Waals surface area contributed by atoms with Crippen molar-refractivity contribution in [2.45, 2.75) is 199 Å². The SMILES string of the molecule is CCCC/C=C\CCC(=O)OCCCCCCCCC(CCCCCCCCOC(O)CC/C=C\CCCC)OC(O)CCCN(C)C. The summed E-state index contributed by atoms with van der Waals surface area (Å²) in [7, 11) is 4.12. The fourth-order valence-corrected chi connectivity index (χ4v) is 5.63. The van der Waals surface area contributed by atoms with Crippen molar-refractivity contribution in [3.05, 3.63) is 24.3 Å². The maximum Gasteiger partial charge on any atom is 0.306 e. The van der Waals surface area contributed by atoms with Crippen molar-refractivity contribution in [2.24, 2.45) is 0 Å². The molecule has 0 rings (SSSR count). The fourth-order valence-electron chi connectivity index (χ4n) is 5.63. The van der Waals surface area contributed by atoms with Crippen LogP contribution in [0.15, 0.2) is 24.3 Å². The van der Waals surface area contributed by atoms with Gasteiger partial charge in [-0.2, -0.15) is 0 Å². The van der Waals surface area contributed by atoms with Gasteiger partial charge in [0.25, 0.3) is 0 Å². The van der Waals surface area contributed by atoms with Crippen LogP contribution in [0.5, 0.6) is 0 Å². The zero-order valence-corrected chi connectivity index (χ0v) is 32.0. The third kappa shape index (κ3) is 36.0. The molecule has 0 aromatic rings. The number of hydrogen-bond donors (Lipinski definition) is 2. The number of allylic oxidation sites excluding steroid dienone is 4. The predicted octanol–water partition coefficient (Wildman–Crippen LogP) is 10.4. The third-order valence-electron chi connectivity index (χ3n) is 8.70. The zero-order chi connectivity index (χ0) is 35.3. The van der Waals surface area contributed by atoms with Crippen LogP contribution in [0.4, 0.5) is 0 Å². The van der Waals surface area contributed by atoms with E-state index in [-0.39, 0.29) is 12.1 Å². The van der Waals surface area contributed by atoms with E-state index in [9.17, 15) is 15.0 Å². The summed E-state index contributed by atoms with van der Waals surface area (Å²) in [5, 5.41) is 20.5. The minimum atomic E-state index is -0.679. The molecule has 0 saturated carbocycles. The second-order valence-electron chi connectivity index (χ2n) is 13.9. The lowest BCUT2D eigenvalue weighted by atomic mass is 10.0. The highest BCUT2D eigenvalue weighted by Gasteiger charge is 2.15. The number of hydrogen-bond acceptors (Lipinski definition) is 7. The summed E-state index contributed by atoms with van der Waals surface area (Å²) in [5.74, 6) is -0.0806. The van der Waals surface area contributed by atoms with Crippen molar-refractivity contribution < 1.29 is 29.2 Å². The smallest absolute Gasteiger partial charge is 0.306 e. The molecule has 2 N–H and O–H groups in total. The number of aliphatic hydroxyl groups excluding tert-OH is 2. The normalized spacial score (nSPS) is 14.0. The Labute approximate surface area is 297 Å². The van der Waals surface area contributed by atoms with Crippen molar-refractivity contribution >= 4 is 5.97 Å². The molecule has 0 aromatic carbocycles. The molecule has 7 heteroatoms. The molecule has 0 amide bonds. The molecule has 0 spiro atoms. The molecule has 0 aliphatic carbocycles. The highest BCUT2D eigenvalue weighted by atomic mass is 16.6. The van der Waals surface area contributed by atoms with E-state index >= 15 is 0 Å². The fraction of sp³-hybridized carbons (Fsp3) is 0.878. The summed E-state index contributed by atoms with van der Waals surface area (Å²) in [5.41, 5.74) is 0. The van der Waals surface area contributed by atoms with Gasteiger partial charge in [0.05, 0.1) is 12.7 Å². The minimum Gasteiger partial charge on any atom is -0.466 e. The van der Waals surface area contributed by atoms with Crippen LogP contribution in [0.3, 0.4) is 0 Å². The predicted molar refractivity (Wildman–Crippen MR) is 202 cm³/mol. The first-order valence-electron chi connectivity index (χ1n) is 20.1. The number of carbonyl (C=O) groups is 1. The lowest BCUT2D eigenvalue weighted by Gasteiger charge is -2.22. The van der Waals surface area contributed by atoms with E-state index in [1.807, 2.05) is 0 Å². The molecule has 0 aliphatic rings. The van der Waals surface area contributed by atoms with Gasteiger partial charge in [-0.1, -0.05) is 128 Å². The average molecular weight is 682 g/mol. The van der Waals surface area contributed by atoms with E-state index in [4.69, 9.17) is 14.2 Å². The highest BCUT2D eigenvalue weighted by Crippen LogP contribution is 2.19. The van der Waals surface area contributed by atoms with E-state index in [1.165, 1.54) is 57.8 Å². The second kappa shape index (κ2) is 37.0. The number of unbranched alkanes of at least 4 members (excludes halogenated alkanes) is 14. The summed E-state index contributed by atoms with van der Waals surface area (Å²) >= 11 is 0. The Balaban J connectivity index is 4.04. The highest BCUT2D eigenvalue weighted by molar-refractivity contribution is 5.69. The standard InChI is InChI=1S/C41H79NO6/c1-5-7-9-11-19-25-32-39(43)46-36-27-21-15-13-17-23-30-38(48-41(45)34-29-35-42(3)4)31-24-18-14-16-22-28-37-47-40(44)33-26-20-12-10-8-6-2/h11-12,19-20,38-39,41,43,45H,5-10,13-18,21-37H2,1-4H3/b19-11-,20-12-. The lowest BCUT2D eigenvalue weighted by Crippen LogP contribution is -2.23. The lowest BCUT2D eigenvalue weighted by molar-refractivity contribution is -0.144. The molecule has 3 unspecified atom stereocenters. The maximum atomic E-state index is 11.9. The van der Waals surface area contributed by atoms with Gasteiger partial charge in [-0.15, -0.1) is 0 Å². The van der Waals surface area contributed by atoms with Gasteiger partial charge < -0.3 is 29.3 Å². The summed E-state index contributed by atoms with van der Waals surface area (Å²) in [6, 6.07) is 0. The number of nitrogens with zero attached hydrogens (tertiary/aromatic N) is 1. The molecule has 284 valence electrons. The van der Waals surface area contributed by atoms with Gasteiger partial charge in [-0.25, -0.2) is 0 Å². The van der Waals surface area contributed by atoms with Crippen LogP contribution in [-0.4, -0.2) is 73.6 Å². The number of carbonyl (C=O) groups excluding carboxylic acids is 1. The van der Waals surface area contributed by atoms with Crippen LogP contribution in [0.1, 0.15) is 181 Å². The van der Waals surface area contributed by atoms with Crippen molar-refractivity contribution in [1.29, 1.82) is 0 Å². The summed E-state index contributed by atoms with van der Waals surface area (Å²) < 4.78 is 17.1. The Morgan fingerprint density at radius 3 is 1.69 bits per heavy atom. The van der Waals surface area contributed by atoms with E-state index in [1.54, 1.807) is 0 Å². The minimum absolute atomic E-state index is 0.0806. The van der Waals surface area contributed by atoms with Crippen LogP contribution in [0, 0.1) is 0 Å². The first-order valence-corrected chi connectivity index (χ1v) is 20.1. The molecule has 0 aliphatic heterocycles. The van der Waals surface area contributed by atoms with Crippen LogP contribution in [0.25, 0.3) is 0 Å². The van der Waals surface area contributed by atoms with Crippen molar-refractivity contribution in [1.82, 2.24) is 4.90 Å². The number of ether oxygens (including phenoxy) is 3. The molecule has 0 radical (unpaired) electrons. The van der Waals surface area contributed by atoms with Gasteiger partial charge in [0.2, 0.25) is 0 Å². The quantitative estimate of drug-likeness (QED) is 0.0292. The first kappa shape index (κ1) is 46.8. The van der Waals surface area contributed by atoms with Crippen LogP contribution < -0.4 is 0 Å². The molecule has 7 nitrogen and oxygen atoms in total. The Kier molecular flexibility index (Phi) is 36.1. The van der Waals surface area contributed by atoms with Gasteiger partial charge in [-0.05, 0) is 84.8 Å². The summed E-state index contributed by atoms with van der Waals surface area (Å²) in [4.78, 5) is 14.0. The van der Waals surface area contributed by atoms with Crippen LogP contribution in [0.2, 0.25) is 0 Å². The van der Waals surface area contributed by atoms with Crippen molar-refractivity contribution in [2.75, 3.05) is 33.9 Å². The number of rotatable bonds is 37. The Hall–Kier alpha value is -1.25. The molecule has 48 heavy (non-hydrogen) atoms. The maximum absolute atomic E-state index is 11.9. The summed E-state index contributed by atoms with van der Waals surface area (Å²) in [6.07, 6.45) is 34.5. The van der Waals surface area contributed by atoms with E-state index in [0.29, 0.717) is 32.5 Å². The van der Waals surface area contributed by atoms with Gasteiger partial charge in [0.15, 0.2) is 12.6 Å². The first-order chi connectivity index (χ1) is 23.4. The van der Waals surface area contributed by atoms with Crippen LogP contribution >= 0.6 is 0 Å². The molecule has 0 bridgehead atoms. The Bertz CT molecular complexity index is 728. The van der Waals surface area contributed by atoms with Crippen LogP contribution in [-0.2, 0) is 19.0 Å². The average Bonchev–Trinajstić information content (AvgIpc) is 3.05. The summed E-state index contributed by atoms with van der Waals surface area (Å²) in [6.45, 7) is 6.52. The van der Waals surface area contributed by atoms with Gasteiger partial charge in [0.1, 0.15) is 0 Å². The van der Waals surface area contributed by atoms with Gasteiger partial charge >= 0.3 is 5.97 Å². The van der Waals surface area contributed by atoms with E-state index < -0.39 is 12.6 Å². The van der Waals surface area contributed by atoms with Gasteiger partial charge in [0, 0.05) is 19.4 Å². The van der Waals surface area contributed by atoms with Crippen molar-refractivity contribution in [3.8, 4) is 0 Å². The zero-order valence-electron chi connectivity index (χ0n) is 32.0. The monoisotopic (exact) mass is 682 g/mol. The Morgan fingerprint density at radius 1 is 0.583 bits per heavy atom. The topological polar surface area (TPSA) is 88.5 Å². The van der Waals surface area contributed by atoms with Crippen molar-refractivity contribution in [3.63, 3.8) is 0 Å². The molecule has 0 heterocycles. The van der Waals surface area contributed by atoms with Gasteiger partial charge in [-0.3, -0.25) is 4.79 Å². The third-order valence-corrected chi connectivity index (χ3v) is 8.70. The Morgan fingerprint density at radius 2 is 1.10 bits per heavy atom.